The molecule has 11 heteroatoms. The van der Waals surface area contributed by atoms with Gasteiger partial charge in [0.1, 0.15) is 5.75 Å². The van der Waals surface area contributed by atoms with Gasteiger partial charge < -0.3 is 15.0 Å². The molecule has 0 spiro atoms. The summed E-state index contributed by atoms with van der Waals surface area (Å²) in [5, 5.41) is 3.09. The lowest BCUT2D eigenvalue weighted by atomic mass is 10.1. The fourth-order valence-electron chi connectivity index (χ4n) is 3.64. The molecular weight excluding hydrogens is 494 g/mol. The number of carbonyl (C=O) groups is 2. The molecule has 0 saturated carbocycles. The highest BCUT2D eigenvalue weighted by Crippen LogP contribution is 2.28. The zero-order chi connectivity index (χ0) is 26.1. The molecule has 0 aliphatic heterocycles. The molecule has 10 nitrogen and oxygen atoms in total. The van der Waals surface area contributed by atoms with E-state index in [1.807, 2.05) is 56.3 Å². The first-order valence-electron chi connectivity index (χ1n) is 11.1. The molecule has 0 saturated heterocycles. The minimum absolute atomic E-state index is 0.0441. The Morgan fingerprint density at radius 1 is 0.892 bits per heavy atom. The van der Waals surface area contributed by atoms with Gasteiger partial charge in [0.25, 0.3) is 0 Å². The first-order chi connectivity index (χ1) is 17.8. The van der Waals surface area contributed by atoms with Gasteiger partial charge in [0, 0.05) is 31.0 Å². The Morgan fingerprint density at radius 2 is 1.59 bits per heavy atom. The Labute approximate surface area is 216 Å². The number of aldehydes is 1. The number of nitrogens with zero attached hydrogens (tertiary/aromatic N) is 6. The monoisotopic (exact) mass is 513 g/mol. The topological polar surface area (TPSA) is 123 Å². The molecule has 0 bridgehead atoms. The van der Waals surface area contributed by atoms with Gasteiger partial charge in [0.15, 0.2) is 6.29 Å². The van der Waals surface area contributed by atoms with Gasteiger partial charge in [0.2, 0.25) is 17.0 Å². The predicted molar refractivity (Wildman–Crippen MR) is 141 cm³/mol. The summed E-state index contributed by atoms with van der Waals surface area (Å²) in [6, 6.07) is 15.7. The number of ketones is 1. The molecule has 3 aromatic carbocycles. The van der Waals surface area contributed by atoms with Crippen molar-refractivity contribution < 1.29 is 14.3 Å². The van der Waals surface area contributed by atoms with Crippen molar-refractivity contribution in [3.8, 4) is 11.8 Å². The van der Waals surface area contributed by atoms with Crippen molar-refractivity contribution in [2.24, 2.45) is 0 Å². The van der Waals surface area contributed by atoms with Crippen LogP contribution in [-0.4, -0.2) is 51.1 Å². The molecule has 37 heavy (non-hydrogen) atoms. The third kappa shape index (κ3) is 5.14. The molecule has 5 aromatic rings. The van der Waals surface area contributed by atoms with Gasteiger partial charge in [-0.1, -0.05) is 0 Å². The van der Waals surface area contributed by atoms with Gasteiger partial charge >= 0.3 is 6.01 Å². The number of nitrogens with one attached hydrogen (secondary N) is 1. The predicted octanol–water partition coefficient (Wildman–Crippen LogP) is 4.91. The number of benzene rings is 3. The molecule has 1 N–H and O–H groups in total. The SMILES string of the molecule is Cc1cc2nc3ccc(N(C)C)cc3nc2cc1Nc1nc(Cl)nc(Oc2ccc(C(=O)C=O)cc2)n1. The number of aryl methyl sites for hydroxylation is 1. The number of hydrogen-bond acceptors (Lipinski definition) is 10. The number of aromatic nitrogens is 5. The third-order valence-corrected chi connectivity index (χ3v) is 5.74. The van der Waals surface area contributed by atoms with Crippen LogP contribution in [0, 0.1) is 6.92 Å². The number of fused-ring (bicyclic) bond motifs is 2. The van der Waals surface area contributed by atoms with Crippen LogP contribution >= 0.6 is 11.6 Å². The Balaban J connectivity index is 1.44. The Morgan fingerprint density at radius 3 is 2.32 bits per heavy atom. The maximum atomic E-state index is 11.5. The van der Waals surface area contributed by atoms with E-state index in [1.165, 1.54) is 24.3 Å². The average molecular weight is 514 g/mol. The maximum absolute atomic E-state index is 11.5. The molecule has 184 valence electrons. The second-order valence-corrected chi connectivity index (χ2v) is 8.73. The number of anilines is 3. The van der Waals surface area contributed by atoms with Crippen molar-refractivity contribution in [3.63, 3.8) is 0 Å². The highest BCUT2D eigenvalue weighted by atomic mass is 35.5. The average Bonchev–Trinajstić information content (AvgIpc) is 2.87. The summed E-state index contributed by atoms with van der Waals surface area (Å²) < 4.78 is 5.67. The number of Topliss-reactive ketones (excluding diaryl/α,β-unsaturated/α-hetero) is 1. The van der Waals surface area contributed by atoms with Crippen molar-refractivity contribution in [3.05, 3.63) is 71.0 Å². The van der Waals surface area contributed by atoms with E-state index >= 15 is 0 Å². The highest BCUT2D eigenvalue weighted by Gasteiger charge is 2.12. The van der Waals surface area contributed by atoms with E-state index in [2.05, 4.69) is 20.3 Å². The van der Waals surface area contributed by atoms with Crippen LogP contribution in [0.3, 0.4) is 0 Å². The standard InChI is InChI=1S/C26H20ClN7O3/c1-14-10-20-22(29-21-11-16(34(2)3)6-9-18(21)28-20)12-19(14)30-25-31-24(27)32-26(33-25)37-17-7-4-15(5-8-17)23(36)13-35/h4-13H,1-3H3,(H,30,31,32,33). The number of rotatable bonds is 7. The van der Waals surface area contributed by atoms with E-state index < -0.39 is 5.78 Å². The quantitative estimate of drug-likeness (QED) is 0.139. The molecule has 2 aromatic heterocycles. The van der Waals surface area contributed by atoms with E-state index in [0.717, 1.165) is 33.5 Å². The molecule has 0 amide bonds. The minimum atomic E-state index is -0.622. The molecule has 0 fully saturated rings. The molecule has 5 rings (SSSR count). The normalized spacial score (nSPS) is 10.9. The van der Waals surface area contributed by atoms with Crippen LogP contribution in [0.1, 0.15) is 15.9 Å². The number of hydrogen-bond donors (Lipinski definition) is 1. The van der Waals surface area contributed by atoms with Crippen molar-refractivity contribution in [2.45, 2.75) is 6.92 Å². The lowest BCUT2D eigenvalue weighted by Crippen LogP contribution is -2.08. The summed E-state index contributed by atoms with van der Waals surface area (Å²) in [7, 11) is 3.95. The fourth-order valence-corrected chi connectivity index (χ4v) is 3.80. The Kier molecular flexibility index (Phi) is 6.33. The van der Waals surface area contributed by atoms with Crippen molar-refractivity contribution in [2.75, 3.05) is 24.3 Å². The van der Waals surface area contributed by atoms with Crippen molar-refractivity contribution in [1.82, 2.24) is 24.9 Å². The van der Waals surface area contributed by atoms with Crippen LogP contribution in [-0.2, 0) is 4.79 Å². The van der Waals surface area contributed by atoms with E-state index in [0.29, 0.717) is 11.3 Å². The molecule has 0 atom stereocenters. The molecule has 0 radical (unpaired) electrons. The third-order valence-electron chi connectivity index (χ3n) is 5.57. The van der Waals surface area contributed by atoms with Crippen LogP contribution in [0.15, 0.2) is 54.6 Å². The molecule has 0 aliphatic rings. The summed E-state index contributed by atoms with van der Waals surface area (Å²) >= 11 is 6.12. The number of ether oxygens (including phenoxy) is 1. The number of halogens is 1. The largest absolute Gasteiger partial charge is 0.424 e. The zero-order valence-corrected chi connectivity index (χ0v) is 20.8. The van der Waals surface area contributed by atoms with Crippen molar-refractivity contribution >= 4 is 63.1 Å². The summed E-state index contributed by atoms with van der Waals surface area (Å²) in [6.45, 7) is 1.94. The maximum Gasteiger partial charge on any atom is 0.328 e. The van der Waals surface area contributed by atoms with Crippen LogP contribution in [0.5, 0.6) is 11.8 Å². The number of carbonyl (C=O) groups excluding carboxylic acids is 2. The smallest absolute Gasteiger partial charge is 0.328 e. The lowest BCUT2D eigenvalue weighted by Gasteiger charge is -2.13. The van der Waals surface area contributed by atoms with Gasteiger partial charge in [-0.25, -0.2) is 9.97 Å². The lowest BCUT2D eigenvalue weighted by molar-refractivity contribution is -0.104. The zero-order valence-electron chi connectivity index (χ0n) is 20.1. The van der Waals surface area contributed by atoms with E-state index in [1.54, 1.807) is 0 Å². The highest BCUT2D eigenvalue weighted by molar-refractivity contribution is 6.33. The summed E-state index contributed by atoms with van der Waals surface area (Å²) in [5.41, 5.74) is 5.97. The van der Waals surface area contributed by atoms with Crippen LogP contribution < -0.4 is 15.0 Å². The first-order valence-corrected chi connectivity index (χ1v) is 11.5. The van der Waals surface area contributed by atoms with Gasteiger partial charge in [-0.15, -0.1) is 0 Å². The van der Waals surface area contributed by atoms with Crippen LogP contribution in [0.25, 0.3) is 22.1 Å². The Hall–Kier alpha value is -4.70. The summed E-state index contributed by atoms with van der Waals surface area (Å²) in [6.07, 6.45) is 0.253. The van der Waals surface area contributed by atoms with E-state index in [4.69, 9.17) is 26.3 Å². The van der Waals surface area contributed by atoms with Gasteiger partial charge in [-0.2, -0.15) is 15.0 Å². The first kappa shape index (κ1) is 24.0. The van der Waals surface area contributed by atoms with E-state index in [-0.39, 0.29) is 29.1 Å². The fraction of sp³-hybridized carbons (Fsp3) is 0.115. The second-order valence-electron chi connectivity index (χ2n) is 8.39. The van der Waals surface area contributed by atoms with Gasteiger partial charge in [-0.05, 0) is 78.7 Å². The van der Waals surface area contributed by atoms with Gasteiger partial charge in [-0.3, -0.25) is 9.59 Å². The van der Waals surface area contributed by atoms with Crippen LogP contribution in [0.2, 0.25) is 5.28 Å². The molecule has 2 heterocycles. The molecule has 0 unspecified atom stereocenters. The summed E-state index contributed by atoms with van der Waals surface area (Å²) in [4.78, 5) is 46.2. The molecule has 0 aliphatic carbocycles. The molecular formula is C26H20ClN7O3. The second kappa shape index (κ2) is 9.75. The minimum Gasteiger partial charge on any atom is -0.424 e. The van der Waals surface area contributed by atoms with E-state index in [9.17, 15) is 9.59 Å². The Bertz CT molecular complexity index is 1670. The summed E-state index contributed by atoms with van der Waals surface area (Å²) in [5.74, 6) is -0.0894. The van der Waals surface area contributed by atoms with Crippen molar-refractivity contribution in [1.29, 1.82) is 0 Å². The van der Waals surface area contributed by atoms with Gasteiger partial charge in [0.05, 0.1) is 22.1 Å². The van der Waals surface area contributed by atoms with Crippen LogP contribution in [0.4, 0.5) is 17.3 Å².